The topological polar surface area (TPSA) is 64.1 Å². The number of benzene rings is 2. The van der Waals surface area contributed by atoms with Crippen molar-refractivity contribution in [3.05, 3.63) is 84.2 Å². The average Bonchev–Trinajstić information content (AvgIpc) is 2.67. The first-order valence-corrected chi connectivity index (χ1v) is 8.02. The van der Waals surface area contributed by atoms with E-state index in [4.69, 9.17) is 4.74 Å². The van der Waals surface area contributed by atoms with E-state index in [1.54, 1.807) is 6.07 Å². The van der Waals surface area contributed by atoms with E-state index in [1.165, 1.54) is 13.4 Å². The molecule has 1 amide bonds. The first kappa shape index (κ1) is 16.6. The summed E-state index contributed by atoms with van der Waals surface area (Å²) in [7, 11) is 1.52. The van der Waals surface area contributed by atoms with Gasteiger partial charge >= 0.3 is 0 Å². The number of ether oxygens (including phenoxy) is 1. The predicted octanol–water partition coefficient (Wildman–Crippen LogP) is 3.65. The lowest BCUT2D eigenvalue weighted by Gasteiger charge is -2.17. The molecule has 2 aromatic carbocycles. The van der Waals surface area contributed by atoms with Gasteiger partial charge in [0.1, 0.15) is 12.1 Å². The van der Waals surface area contributed by atoms with Crippen molar-refractivity contribution < 1.29 is 9.53 Å². The first-order chi connectivity index (χ1) is 12.3. The van der Waals surface area contributed by atoms with Crippen molar-refractivity contribution in [1.82, 2.24) is 9.97 Å². The van der Waals surface area contributed by atoms with Crippen LogP contribution in [0.25, 0.3) is 0 Å². The summed E-state index contributed by atoms with van der Waals surface area (Å²) in [5.74, 6) is 0.703. The van der Waals surface area contributed by atoms with Crippen molar-refractivity contribution in [3.63, 3.8) is 0 Å². The number of amides is 1. The second kappa shape index (κ2) is 8.06. The van der Waals surface area contributed by atoms with E-state index in [9.17, 15) is 4.79 Å². The van der Waals surface area contributed by atoms with E-state index >= 15 is 0 Å². The maximum absolute atomic E-state index is 12.6. The van der Waals surface area contributed by atoms with Crippen molar-refractivity contribution >= 4 is 11.7 Å². The number of carbonyl (C=O) groups is 1. The average molecular weight is 333 g/mol. The fraction of sp³-hybridized carbons (Fsp3) is 0.150. The molecule has 0 unspecified atom stereocenters. The van der Waals surface area contributed by atoms with Crippen LogP contribution in [0.4, 0.5) is 5.82 Å². The van der Waals surface area contributed by atoms with Crippen molar-refractivity contribution in [1.29, 1.82) is 0 Å². The van der Waals surface area contributed by atoms with Crippen LogP contribution in [-0.2, 0) is 4.79 Å². The van der Waals surface area contributed by atoms with Crippen LogP contribution in [0.1, 0.15) is 23.5 Å². The second-order valence-electron chi connectivity index (χ2n) is 5.57. The van der Waals surface area contributed by atoms with Gasteiger partial charge in [-0.15, -0.1) is 0 Å². The van der Waals surface area contributed by atoms with E-state index in [0.29, 0.717) is 18.1 Å². The zero-order chi connectivity index (χ0) is 17.5. The summed E-state index contributed by atoms with van der Waals surface area (Å²) in [5.41, 5.74) is 2.20. The quantitative estimate of drug-likeness (QED) is 0.748. The molecule has 25 heavy (non-hydrogen) atoms. The molecule has 0 aliphatic carbocycles. The highest BCUT2D eigenvalue weighted by molar-refractivity contribution is 5.90. The van der Waals surface area contributed by atoms with Gasteiger partial charge in [-0.2, -0.15) is 0 Å². The number of nitrogens with one attached hydrogen (secondary N) is 1. The molecule has 0 aliphatic rings. The number of aromatic nitrogens is 2. The summed E-state index contributed by atoms with van der Waals surface area (Å²) in [6, 6.07) is 21.6. The zero-order valence-corrected chi connectivity index (χ0v) is 13.9. The molecule has 1 aromatic heterocycles. The summed E-state index contributed by atoms with van der Waals surface area (Å²) < 4.78 is 5.05. The van der Waals surface area contributed by atoms with Crippen LogP contribution in [0.3, 0.4) is 0 Å². The third-order valence-electron chi connectivity index (χ3n) is 3.91. The van der Waals surface area contributed by atoms with Crippen LogP contribution in [0.15, 0.2) is 73.1 Å². The molecule has 0 aliphatic heterocycles. The van der Waals surface area contributed by atoms with Gasteiger partial charge in [0.2, 0.25) is 11.8 Å². The summed E-state index contributed by atoms with van der Waals surface area (Å²) in [6.07, 6.45) is 1.68. The maximum Gasteiger partial charge on any atom is 0.226 e. The Labute approximate surface area is 146 Å². The lowest BCUT2D eigenvalue weighted by atomic mass is 9.88. The molecule has 0 saturated heterocycles. The molecule has 5 heteroatoms. The van der Waals surface area contributed by atoms with Crippen LogP contribution in [0.5, 0.6) is 5.88 Å². The van der Waals surface area contributed by atoms with E-state index in [-0.39, 0.29) is 11.8 Å². The number of rotatable bonds is 6. The van der Waals surface area contributed by atoms with Crippen molar-refractivity contribution in [2.24, 2.45) is 0 Å². The van der Waals surface area contributed by atoms with Crippen LogP contribution in [-0.4, -0.2) is 23.0 Å². The van der Waals surface area contributed by atoms with Crippen LogP contribution in [0, 0.1) is 0 Å². The lowest BCUT2D eigenvalue weighted by molar-refractivity contribution is -0.116. The third kappa shape index (κ3) is 4.41. The van der Waals surface area contributed by atoms with Crippen LogP contribution >= 0.6 is 0 Å². The van der Waals surface area contributed by atoms with E-state index in [0.717, 1.165) is 11.1 Å². The van der Waals surface area contributed by atoms with E-state index in [2.05, 4.69) is 15.3 Å². The standard InChI is InChI=1S/C20H19N3O2/c1-25-20-13-18(21-14-22-20)23-19(24)12-17(15-8-4-2-5-9-15)16-10-6-3-7-11-16/h2-11,13-14,17H,12H2,1H3,(H,21,22,23,24). The summed E-state index contributed by atoms with van der Waals surface area (Å²) in [5, 5.41) is 2.82. The molecule has 1 heterocycles. The maximum atomic E-state index is 12.6. The van der Waals surface area contributed by atoms with Gasteiger partial charge in [0.05, 0.1) is 7.11 Å². The largest absolute Gasteiger partial charge is 0.481 e. The van der Waals surface area contributed by atoms with Gasteiger partial charge in [-0.1, -0.05) is 60.7 Å². The minimum atomic E-state index is -0.113. The Bertz CT molecular complexity index is 783. The summed E-state index contributed by atoms with van der Waals surface area (Å²) >= 11 is 0. The fourth-order valence-electron chi connectivity index (χ4n) is 2.70. The van der Waals surface area contributed by atoms with Gasteiger partial charge in [0, 0.05) is 18.4 Å². The third-order valence-corrected chi connectivity index (χ3v) is 3.91. The molecule has 0 radical (unpaired) electrons. The molecule has 0 fully saturated rings. The molecule has 5 nitrogen and oxygen atoms in total. The Hall–Kier alpha value is -3.21. The zero-order valence-electron chi connectivity index (χ0n) is 13.9. The Morgan fingerprint density at radius 1 is 1.00 bits per heavy atom. The molecule has 0 spiro atoms. The Balaban J connectivity index is 1.79. The molecule has 0 atom stereocenters. The Morgan fingerprint density at radius 2 is 1.60 bits per heavy atom. The highest BCUT2D eigenvalue weighted by atomic mass is 16.5. The first-order valence-electron chi connectivity index (χ1n) is 8.02. The molecular formula is C20H19N3O2. The molecule has 0 saturated carbocycles. The van der Waals surface area contributed by atoms with Crippen molar-refractivity contribution in [2.45, 2.75) is 12.3 Å². The minimum Gasteiger partial charge on any atom is -0.481 e. The normalized spacial score (nSPS) is 10.5. The number of hydrogen-bond acceptors (Lipinski definition) is 4. The number of anilines is 1. The fourth-order valence-corrected chi connectivity index (χ4v) is 2.70. The number of hydrogen-bond donors (Lipinski definition) is 1. The van der Waals surface area contributed by atoms with Gasteiger partial charge in [-0.25, -0.2) is 9.97 Å². The molecule has 0 bridgehead atoms. The Kier molecular flexibility index (Phi) is 5.36. The van der Waals surface area contributed by atoms with E-state index < -0.39 is 0 Å². The second-order valence-corrected chi connectivity index (χ2v) is 5.57. The molecular weight excluding hydrogens is 314 g/mol. The van der Waals surface area contributed by atoms with E-state index in [1.807, 2.05) is 60.7 Å². The predicted molar refractivity (Wildman–Crippen MR) is 96.6 cm³/mol. The van der Waals surface area contributed by atoms with Crippen molar-refractivity contribution in [3.8, 4) is 5.88 Å². The number of methoxy groups -OCH3 is 1. The molecule has 1 N–H and O–H groups in total. The van der Waals surface area contributed by atoms with Gasteiger partial charge in [-0.05, 0) is 11.1 Å². The summed E-state index contributed by atoms with van der Waals surface area (Å²) in [6.45, 7) is 0. The van der Waals surface area contributed by atoms with Gasteiger partial charge < -0.3 is 10.1 Å². The number of carbonyl (C=O) groups excluding carboxylic acids is 1. The van der Waals surface area contributed by atoms with Crippen molar-refractivity contribution in [2.75, 3.05) is 12.4 Å². The smallest absolute Gasteiger partial charge is 0.226 e. The Morgan fingerprint density at radius 3 is 2.16 bits per heavy atom. The highest BCUT2D eigenvalue weighted by Gasteiger charge is 2.18. The number of nitrogens with zero attached hydrogens (tertiary/aromatic N) is 2. The monoisotopic (exact) mass is 333 g/mol. The van der Waals surface area contributed by atoms with Gasteiger partial charge in [-0.3, -0.25) is 4.79 Å². The van der Waals surface area contributed by atoms with Crippen LogP contribution < -0.4 is 10.1 Å². The van der Waals surface area contributed by atoms with Gasteiger partial charge in [0.25, 0.3) is 0 Å². The molecule has 3 rings (SSSR count). The lowest BCUT2D eigenvalue weighted by Crippen LogP contribution is -2.17. The molecule has 126 valence electrons. The molecule has 3 aromatic rings. The van der Waals surface area contributed by atoms with Crippen LogP contribution in [0.2, 0.25) is 0 Å². The highest BCUT2D eigenvalue weighted by Crippen LogP contribution is 2.28. The SMILES string of the molecule is COc1cc(NC(=O)CC(c2ccccc2)c2ccccc2)ncn1. The summed E-state index contributed by atoms with van der Waals surface area (Å²) in [4.78, 5) is 20.6. The minimum absolute atomic E-state index is 0.0221. The van der Waals surface area contributed by atoms with Gasteiger partial charge in [0.15, 0.2) is 0 Å².